The molecule has 126 valence electrons. The van der Waals surface area contributed by atoms with Gasteiger partial charge in [-0.2, -0.15) is 0 Å². The molecule has 1 heterocycles. The third kappa shape index (κ3) is 3.29. The van der Waals surface area contributed by atoms with E-state index in [0.29, 0.717) is 18.9 Å². The van der Waals surface area contributed by atoms with Crippen molar-refractivity contribution in [2.24, 2.45) is 5.92 Å². The fraction of sp³-hybridized carbons (Fsp3) is 0.882. The fourth-order valence-electron chi connectivity index (χ4n) is 3.47. The largest absolute Gasteiger partial charge is 0.353 e. The van der Waals surface area contributed by atoms with Crippen molar-refractivity contribution >= 4 is 11.8 Å². The summed E-state index contributed by atoms with van der Waals surface area (Å²) in [5.41, 5.74) is -0.545. The summed E-state index contributed by atoms with van der Waals surface area (Å²) in [6.07, 6.45) is 5.07. The van der Waals surface area contributed by atoms with Crippen molar-refractivity contribution < 1.29 is 14.3 Å². The van der Waals surface area contributed by atoms with E-state index in [0.717, 1.165) is 32.1 Å². The van der Waals surface area contributed by atoms with Gasteiger partial charge in [0.05, 0.1) is 6.61 Å². The summed E-state index contributed by atoms with van der Waals surface area (Å²) in [5.74, 6) is 0.615. The standard InChI is InChI=1S/C17H30N2O3/c1-5-13(4)18-16(21)14-11-22-17(19(14)15(20)6-2)9-7-12(3)8-10-17/h12-14H,5-11H2,1-4H3,(H,18,21)/t12?,13-,14+,17?/m0/s1. The summed E-state index contributed by atoms with van der Waals surface area (Å²) < 4.78 is 6.06. The van der Waals surface area contributed by atoms with Crippen LogP contribution in [0.1, 0.15) is 66.2 Å². The molecule has 5 heteroatoms. The average molecular weight is 310 g/mol. The van der Waals surface area contributed by atoms with Crippen molar-refractivity contribution in [1.82, 2.24) is 10.2 Å². The molecule has 2 atom stereocenters. The summed E-state index contributed by atoms with van der Waals surface area (Å²) in [5, 5.41) is 3.00. The summed E-state index contributed by atoms with van der Waals surface area (Å²) in [6, 6.07) is -0.358. The Morgan fingerprint density at radius 3 is 2.50 bits per heavy atom. The molecule has 1 saturated heterocycles. The number of carbonyl (C=O) groups is 2. The average Bonchev–Trinajstić information content (AvgIpc) is 2.88. The fourth-order valence-corrected chi connectivity index (χ4v) is 3.47. The molecule has 1 saturated carbocycles. The van der Waals surface area contributed by atoms with Gasteiger partial charge in [0.1, 0.15) is 11.8 Å². The Morgan fingerprint density at radius 1 is 1.32 bits per heavy atom. The van der Waals surface area contributed by atoms with Crippen LogP contribution in [-0.2, 0) is 14.3 Å². The van der Waals surface area contributed by atoms with Crippen molar-refractivity contribution in [2.75, 3.05) is 6.61 Å². The quantitative estimate of drug-likeness (QED) is 0.867. The van der Waals surface area contributed by atoms with Crippen LogP contribution in [0.4, 0.5) is 0 Å². The lowest BCUT2D eigenvalue weighted by molar-refractivity contribution is -0.161. The van der Waals surface area contributed by atoms with Gasteiger partial charge in [0.2, 0.25) is 11.8 Å². The molecule has 2 rings (SSSR count). The van der Waals surface area contributed by atoms with Gasteiger partial charge in [-0.25, -0.2) is 0 Å². The molecule has 0 aromatic heterocycles. The van der Waals surface area contributed by atoms with Crippen LogP contribution in [0, 0.1) is 5.92 Å². The molecule has 0 aromatic rings. The Labute approximate surface area is 133 Å². The first-order chi connectivity index (χ1) is 10.4. The topological polar surface area (TPSA) is 58.6 Å². The minimum absolute atomic E-state index is 0.0244. The van der Waals surface area contributed by atoms with E-state index in [-0.39, 0.29) is 17.9 Å². The van der Waals surface area contributed by atoms with Gasteiger partial charge in [-0.1, -0.05) is 20.8 Å². The molecular weight excluding hydrogens is 280 g/mol. The molecule has 1 N–H and O–H groups in total. The minimum atomic E-state index is -0.545. The van der Waals surface area contributed by atoms with E-state index in [1.54, 1.807) is 4.90 Å². The van der Waals surface area contributed by atoms with Gasteiger partial charge in [-0.05, 0) is 44.9 Å². The predicted molar refractivity (Wildman–Crippen MR) is 85.1 cm³/mol. The van der Waals surface area contributed by atoms with Crippen LogP contribution in [0.5, 0.6) is 0 Å². The normalized spacial score (nSPS) is 33.0. The predicted octanol–water partition coefficient (Wildman–Crippen LogP) is 2.44. The van der Waals surface area contributed by atoms with Crippen LogP contribution >= 0.6 is 0 Å². The third-order valence-corrected chi connectivity index (χ3v) is 5.19. The Morgan fingerprint density at radius 2 is 1.95 bits per heavy atom. The van der Waals surface area contributed by atoms with E-state index >= 15 is 0 Å². The summed E-state index contributed by atoms with van der Waals surface area (Å²) >= 11 is 0. The van der Waals surface area contributed by atoms with Crippen LogP contribution in [-0.4, -0.2) is 41.1 Å². The highest BCUT2D eigenvalue weighted by molar-refractivity contribution is 5.88. The second kappa shape index (κ2) is 6.99. The molecule has 2 aliphatic rings. The van der Waals surface area contributed by atoms with Gasteiger partial charge in [0.15, 0.2) is 0 Å². The van der Waals surface area contributed by atoms with E-state index < -0.39 is 11.8 Å². The first-order valence-electron chi connectivity index (χ1n) is 8.70. The molecule has 1 aliphatic heterocycles. The number of ether oxygens (including phenoxy) is 1. The Kier molecular flexibility index (Phi) is 5.48. The van der Waals surface area contributed by atoms with E-state index in [2.05, 4.69) is 12.2 Å². The Bertz CT molecular complexity index is 416. The van der Waals surface area contributed by atoms with Gasteiger partial charge in [-0.3, -0.25) is 14.5 Å². The van der Waals surface area contributed by atoms with Gasteiger partial charge in [0, 0.05) is 12.5 Å². The molecule has 1 aliphatic carbocycles. The van der Waals surface area contributed by atoms with Gasteiger partial charge in [0.25, 0.3) is 0 Å². The van der Waals surface area contributed by atoms with E-state index in [4.69, 9.17) is 4.74 Å². The number of rotatable bonds is 4. The molecular formula is C17H30N2O3. The van der Waals surface area contributed by atoms with E-state index in [9.17, 15) is 9.59 Å². The molecule has 5 nitrogen and oxygen atoms in total. The molecule has 22 heavy (non-hydrogen) atoms. The van der Waals surface area contributed by atoms with Crippen LogP contribution in [0.2, 0.25) is 0 Å². The van der Waals surface area contributed by atoms with Gasteiger partial charge in [-0.15, -0.1) is 0 Å². The molecule has 0 bridgehead atoms. The maximum Gasteiger partial charge on any atom is 0.245 e. The summed E-state index contributed by atoms with van der Waals surface area (Å²) in [4.78, 5) is 26.8. The third-order valence-electron chi connectivity index (χ3n) is 5.19. The molecule has 0 aromatic carbocycles. The Balaban J connectivity index is 2.17. The monoisotopic (exact) mass is 310 g/mol. The lowest BCUT2D eigenvalue weighted by Crippen LogP contribution is -2.57. The number of hydrogen-bond acceptors (Lipinski definition) is 3. The van der Waals surface area contributed by atoms with Crippen molar-refractivity contribution in [2.45, 2.75) is 84.0 Å². The Hall–Kier alpha value is -1.10. The SMILES string of the molecule is CCC(=O)N1[C@@H](C(=O)N[C@@H](C)CC)COC12CCC(C)CC2. The zero-order chi connectivity index (χ0) is 16.3. The highest BCUT2D eigenvalue weighted by Crippen LogP contribution is 2.42. The first kappa shape index (κ1) is 17.3. The lowest BCUT2D eigenvalue weighted by Gasteiger charge is -2.43. The molecule has 2 fully saturated rings. The van der Waals surface area contributed by atoms with Crippen molar-refractivity contribution in [3.8, 4) is 0 Å². The van der Waals surface area contributed by atoms with Crippen LogP contribution < -0.4 is 5.32 Å². The van der Waals surface area contributed by atoms with Crippen molar-refractivity contribution in [3.63, 3.8) is 0 Å². The maximum atomic E-state index is 12.6. The molecule has 0 unspecified atom stereocenters. The minimum Gasteiger partial charge on any atom is -0.353 e. The van der Waals surface area contributed by atoms with E-state index in [1.165, 1.54) is 0 Å². The van der Waals surface area contributed by atoms with Gasteiger partial charge >= 0.3 is 0 Å². The maximum absolute atomic E-state index is 12.6. The lowest BCUT2D eigenvalue weighted by atomic mass is 9.83. The smallest absolute Gasteiger partial charge is 0.245 e. The van der Waals surface area contributed by atoms with Crippen molar-refractivity contribution in [3.05, 3.63) is 0 Å². The number of carbonyl (C=O) groups excluding carboxylic acids is 2. The first-order valence-corrected chi connectivity index (χ1v) is 8.70. The number of nitrogens with one attached hydrogen (secondary N) is 1. The second-order valence-corrected chi connectivity index (χ2v) is 6.89. The van der Waals surface area contributed by atoms with Gasteiger partial charge < -0.3 is 10.1 Å². The molecule has 2 amide bonds. The van der Waals surface area contributed by atoms with Crippen LogP contribution in [0.3, 0.4) is 0 Å². The molecule has 1 spiro atoms. The second-order valence-electron chi connectivity index (χ2n) is 6.89. The van der Waals surface area contributed by atoms with E-state index in [1.807, 2.05) is 20.8 Å². The summed E-state index contributed by atoms with van der Waals surface area (Å²) in [6.45, 7) is 8.43. The highest BCUT2D eigenvalue weighted by atomic mass is 16.5. The number of amides is 2. The zero-order valence-corrected chi connectivity index (χ0v) is 14.4. The number of nitrogens with zero attached hydrogens (tertiary/aromatic N) is 1. The highest BCUT2D eigenvalue weighted by Gasteiger charge is 2.52. The van der Waals surface area contributed by atoms with Crippen LogP contribution in [0.15, 0.2) is 0 Å². The zero-order valence-electron chi connectivity index (χ0n) is 14.4. The summed E-state index contributed by atoms with van der Waals surface area (Å²) in [7, 11) is 0. The number of hydrogen-bond donors (Lipinski definition) is 1. The van der Waals surface area contributed by atoms with Crippen molar-refractivity contribution in [1.29, 1.82) is 0 Å². The van der Waals surface area contributed by atoms with Crippen LogP contribution in [0.25, 0.3) is 0 Å². The molecule has 0 radical (unpaired) electrons.